The lowest BCUT2D eigenvalue weighted by molar-refractivity contribution is 0.0835. The van der Waals surface area contributed by atoms with Crippen LogP contribution in [-0.4, -0.2) is 25.2 Å². The SMILES string of the molecule is O=C(NC[C@H]1CCCO1)c1cc(=O)c2ccccc2o1. The number of fused-ring (bicyclic) bond motifs is 1. The van der Waals surface area contributed by atoms with Gasteiger partial charge in [-0.1, -0.05) is 12.1 Å². The van der Waals surface area contributed by atoms with Crippen LogP contribution in [-0.2, 0) is 4.74 Å². The average Bonchev–Trinajstić information content (AvgIpc) is 2.98. The molecule has 5 nitrogen and oxygen atoms in total. The van der Waals surface area contributed by atoms with Crippen molar-refractivity contribution in [3.63, 3.8) is 0 Å². The zero-order valence-electron chi connectivity index (χ0n) is 10.9. The largest absolute Gasteiger partial charge is 0.451 e. The van der Waals surface area contributed by atoms with Crippen molar-refractivity contribution in [2.24, 2.45) is 0 Å². The van der Waals surface area contributed by atoms with E-state index in [1.54, 1.807) is 24.3 Å². The van der Waals surface area contributed by atoms with E-state index < -0.39 is 0 Å². The lowest BCUT2D eigenvalue weighted by Gasteiger charge is -2.10. The molecule has 1 aliphatic heterocycles. The Labute approximate surface area is 115 Å². The summed E-state index contributed by atoms with van der Waals surface area (Å²) in [6.07, 6.45) is 2.03. The number of para-hydroxylation sites is 1. The Bertz CT molecular complexity index is 686. The molecule has 0 aliphatic carbocycles. The Kier molecular flexibility index (Phi) is 3.52. The fourth-order valence-electron chi connectivity index (χ4n) is 2.31. The molecule has 0 bridgehead atoms. The summed E-state index contributed by atoms with van der Waals surface area (Å²) in [5, 5.41) is 3.21. The molecule has 3 rings (SSSR count). The molecular formula is C15H15NO4. The van der Waals surface area contributed by atoms with Crippen LogP contribution in [0.4, 0.5) is 0 Å². The highest BCUT2D eigenvalue weighted by atomic mass is 16.5. The van der Waals surface area contributed by atoms with Crippen LogP contribution in [0, 0.1) is 0 Å². The van der Waals surface area contributed by atoms with Gasteiger partial charge >= 0.3 is 0 Å². The first kappa shape index (κ1) is 12.9. The zero-order valence-corrected chi connectivity index (χ0v) is 10.9. The van der Waals surface area contributed by atoms with Gasteiger partial charge in [-0.2, -0.15) is 0 Å². The summed E-state index contributed by atoms with van der Waals surface area (Å²) in [5.74, 6) is -0.352. The minimum Gasteiger partial charge on any atom is -0.451 e. The maximum Gasteiger partial charge on any atom is 0.287 e. The van der Waals surface area contributed by atoms with Gasteiger partial charge in [0.1, 0.15) is 5.58 Å². The van der Waals surface area contributed by atoms with Crippen molar-refractivity contribution in [1.29, 1.82) is 0 Å². The van der Waals surface area contributed by atoms with Crippen LogP contribution in [0.25, 0.3) is 11.0 Å². The molecule has 104 valence electrons. The molecule has 1 aromatic carbocycles. The monoisotopic (exact) mass is 273 g/mol. The lowest BCUT2D eigenvalue weighted by atomic mass is 10.2. The second-order valence-electron chi connectivity index (χ2n) is 4.82. The van der Waals surface area contributed by atoms with E-state index in [-0.39, 0.29) is 23.2 Å². The van der Waals surface area contributed by atoms with Gasteiger partial charge in [-0.25, -0.2) is 0 Å². The van der Waals surface area contributed by atoms with E-state index in [1.807, 2.05) is 0 Å². The Morgan fingerprint density at radius 2 is 2.20 bits per heavy atom. The van der Waals surface area contributed by atoms with Crippen molar-refractivity contribution in [2.45, 2.75) is 18.9 Å². The molecule has 1 N–H and O–H groups in total. The van der Waals surface area contributed by atoms with Gasteiger partial charge in [0.25, 0.3) is 5.91 Å². The van der Waals surface area contributed by atoms with Crippen molar-refractivity contribution in [1.82, 2.24) is 5.32 Å². The van der Waals surface area contributed by atoms with Gasteiger partial charge in [-0.3, -0.25) is 9.59 Å². The molecule has 0 spiro atoms. The van der Waals surface area contributed by atoms with Crippen molar-refractivity contribution in [2.75, 3.05) is 13.2 Å². The highest BCUT2D eigenvalue weighted by Crippen LogP contribution is 2.13. The topological polar surface area (TPSA) is 68.5 Å². The molecule has 1 aromatic heterocycles. The van der Waals surface area contributed by atoms with Crippen LogP contribution in [0.1, 0.15) is 23.4 Å². The van der Waals surface area contributed by atoms with Crippen LogP contribution in [0.2, 0.25) is 0 Å². The van der Waals surface area contributed by atoms with Crippen molar-refractivity contribution in [3.05, 3.63) is 46.3 Å². The first-order chi connectivity index (χ1) is 9.74. The molecule has 0 unspecified atom stereocenters. The first-order valence-electron chi connectivity index (χ1n) is 6.67. The molecule has 1 amide bonds. The molecule has 1 fully saturated rings. The smallest absolute Gasteiger partial charge is 0.287 e. The molecular weight excluding hydrogens is 258 g/mol. The highest BCUT2D eigenvalue weighted by Gasteiger charge is 2.18. The van der Waals surface area contributed by atoms with Gasteiger partial charge in [-0.05, 0) is 25.0 Å². The molecule has 2 heterocycles. The molecule has 0 radical (unpaired) electrons. The summed E-state index contributed by atoms with van der Waals surface area (Å²) in [5.41, 5.74) is 0.205. The van der Waals surface area contributed by atoms with E-state index >= 15 is 0 Å². The third-order valence-corrected chi connectivity index (χ3v) is 3.37. The zero-order chi connectivity index (χ0) is 13.9. The van der Waals surface area contributed by atoms with Crippen LogP contribution in [0.15, 0.2) is 39.5 Å². The summed E-state index contributed by atoms with van der Waals surface area (Å²) in [7, 11) is 0. The number of hydrogen-bond acceptors (Lipinski definition) is 4. The molecule has 20 heavy (non-hydrogen) atoms. The molecule has 1 aliphatic rings. The van der Waals surface area contributed by atoms with Crippen LogP contribution >= 0.6 is 0 Å². The van der Waals surface area contributed by atoms with Gasteiger partial charge in [0.2, 0.25) is 0 Å². The quantitative estimate of drug-likeness (QED) is 0.924. The molecule has 1 saturated heterocycles. The van der Waals surface area contributed by atoms with E-state index in [4.69, 9.17) is 9.15 Å². The van der Waals surface area contributed by atoms with E-state index in [2.05, 4.69) is 5.32 Å². The van der Waals surface area contributed by atoms with E-state index in [0.29, 0.717) is 17.5 Å². The van der Waals surface area contributed by atoms with Crippen LogP contribution in [0.3, 0.4) is 0 Å². The number of benzene rings is 1. The first-order valence-corrected chi connectivity index (χ1v) is 6.67. The van der Waals surface area contributed by atoms with Crippen molar-refractivity contribution < 1.29 is 13.9 Å². The molecule has 5 heteroatoms. The average molecular weight is 273 g/mol. The van der Waals surface area contributed by atoms with Gasteiger partial charge in [0.05, 0.1) is 11.5 Å². The van der Waals surface area contributed by atoms with Crippen LogP contribution < -0.4 is 10.7 Å². The molecule has 0 saturated carbocycles. The number of carbonyl (C=O) groups excluding carboxylic acids is 1. The standard InChI is InChI=1S/C15H15NO4/c17-12-8-14(20-13-6-2-1-5-11(12)13)15(18)16-9-10-4-3-7-19-10/h1-2,5-6,8,10H,3-4,7,9H2,(H,16,18)/t10-/m1/s1. The van der Waals surface area contributed by atoms with E-state index in [9.17, 15) is 9.59 Å². The fourth-order valence-corrected chi connectivity index (χ4v) is 2.31. The Morgan fingerprint density at radius 1 is 1.35 bits per heavy atom. The summed E-state index contributed by atoms with van der Waals surface area (Å²) in [6.45, 7) is 1.18. The maximum absolute atomic E-state index is 12.0. The summed E-state index contributed by atoms with van der Waals surface area (Å²) < 4.78 is 10.9. The third-order valence-electron chi connectivity index (χ3n) is 3.37. The third kappa shape index (κ3) is 2.58. The summed E-state index contributed by atoms with van der Waals surface area (Å²) >= 11 is 0. The van der Waals surface area contributed by atoms with E-state index in [1.165, 1.54) is 6.07 Å². The van der Waals surface area contributed by atoms with Crippen molar-refractivity contribution >= 4 is 16.9 Å². The number of carbonyl (C=O) groups is 1. The minimum atomic E-state index is -0.386. The maximum atomic E-state index is 12.0. The number of ether oxygens (including phenoxy) is 1. The van der Waals surface area contributed by atoms with Gasteiger partial charge < -0.3 is 14.5 Å². The van der Waals surface area contributed by atoms with E-state index in [0.717, 1.165) is 19.4 Å². The molecule has 2 aromatic rings. The minimum absolute atomic E-state index is 0.0340. The van der Waals surface area contributed by atoms with Gasteiger partial charge in [0.15, 0.2) is 11.2 Å². The summed E-state index contributed by atoms with van der Waals surface area (Å²) in [4.78, 5) is 23.9. The predicted molar refractivity (Wildman–Crippen MR) is 73.8 cm³/mol. The Balaban J connectivity index is 1.79. The van der Waals surface area contributed by atoms with Gasteiger partial charge in [0, 0.05) is 19.2 Å². The van der Waals surface area contributed by atoms with Crippen molar-refractivity contribution in [3.8, 4) is 0 Å². The second-order valence-corrected chi connectivity index (χ2v) is 4.82. The van der Waals surface area contributed by atoms with Crippen LogP contribution in [0.5, 0.6) is 0 Å². The highest BCUT2D eigenvalue weighted by molar-refractivity contribution is 5.93. The fraction of sp³-hybridized carbons (Fsp3) is 0.333. The normalized spacial score (nSPS) is 18.3. The lowest BCUT2D eigenvalue weighted by Crippen LogP contribution is -2.32. The Hall–Kier alpha value is -2.14. The molecule has 1 atom stereocenters. The second kappa shape index (κ2) is 5.46. The number of hydrogen-bond donors (Lipinski definition) is 1. The summed E-state index contributed by atoms with van der Waals surface area (Å²) in [6, 6.07) is 8.10. The van der Waals surface area contributed by atoms with Gasteiger partial charge in [-0.15, -0.1) is 0 Å². The number of amides is 1. The number of rotatable bonds is 3. The predicted octanol–water partition coefficient (Wildman–Crippen LogP) is 1.70. The number of nitrogens with one attached hydrogen (secondary N) is 1. The Morgan fingerprint density at radius 3 is 3.00 bits per heavy atom.